The van der Waals surface area contributed by atoms with Gasteiger partial charge in [0.25, 0.3) is 5.89 Å². The fourth-order valence-electron chi connectivity index (χ4n) is 1.18. The van der Waals surface area contributed by atoms with E-state index in [1.54, 1.807) is 0 Å². The van der Waals surface area contributed by atoms with Crippen LogP contribution in [-0.2, 0) is 5.41 Å². The van der Waals surface area contributed by atoms with Gasteiger partial charge >= 0.3 is 0 Å². The molecule has 6 heteroatoms. The molecule has 0 bridgehead atoms. The average Bonchev–Trinajstić information content (AvgIpc) is 2.74. The second-order valence-corrected chi connectivity index (χ2v) is 5.76. The van der Waals surface area contributed by atoms with Crippen molar-refractivity contribution in [2.75, 3.05) is 0 Å². The van der Waals surface area contributed by atoms with Crippen molar-refractivity contribution in [1.29, 1.82) is 0 Å². The summed E-state index contributed by atoms with van der Waals surface area (Å²) < 4.78 is 6.24. The second kappa shape index (κ2) is 3.83. The number of aromatic amines is 1. The van der Waals surface area contributed by atoms with Crippen molar-refractivity contribution in [2.24, 2.45) is 0 Å². The third kappa shape index (κ3) is 1.98. The Labute approximate surface area is 107 Å². The summed E-state index contributed by atoms with van der Waals surface area (Å²) in [5.74, 6) is 1.16. The summed E-state index contributed by atoms with van der Waals surface area (Å²) in [5.41, 5.74) is 1.62. The number of nitrogens with zero attached hydrogens (tertiary/aromatic N) is 3. The minimum atomic E-state index is -0.113. The Morgan fingerprint density at radius 2 is 2.00 bits per heavy atom. The van der Waals surface area contributed by atoms with Crippen LogP contribution < -0.4 is 0 Å². The Hall–Kier alpha value is -0.920. The Balaban J connectivity index is 2.43. The summed E-state index contributed by atoms with van der Waals surface area (Å²) in [6, 6.07) is 0. The quantitative estimate of drug-likeness (QED) is 0.816. The molecule has 2 aromatic rings. The first-order chi connectivity index (χ1) is 7.39. The van der Waals surface area contributed by atoms with Crippen LogP contribution in [0.25, 0.3) is 11.6 Å². The van der Waals surface area contributed by atoms with Crippen LogP contribution in [0.2, 0.25) is 0 Å². The van der Waals surface area contributed by atoms with Gasteiger partial charge in [-0.05, 0) is 29.5 Å². The number of rotatable bonds is 1. The van der Waals surface area contributed by atoms with E-state index in [0.717, 1.165) is 15.0 Å². The van der Waals surface area contributed by atoms with Crippen molar-refractivity contribution in [2.45, 2.75) is 33.1 Å². The van der Waals surface area contributed by atoms with Crippen LogP contribution in [0.4, 0.5) is 0 Å². The van der Waals surface area contributed by atoms with Gasteiger partial charge in [0, 0.05) is 11.1 Å². The highest BCUT2D eigenvalue weighted by atomic mass is 127. The van der Waals surface area contributed by atoms with Gasteiger partial charge < -0.3 is 4.52 Å². The maximum Gasteiger partial charge on any atom is 0.279 e. The number of aromatic nitrogens is 4. The van der Waals surface area contributed by atoms with E-state index in [1.807, 2.05) is 27.7 Å². The average molecular weight is 332 g/mol. The molecule has 0 aliphatic rings. The van der Waals surface area contributed by atoms with Crippen molar-refractivity contribution in [3.05, 3.63) is 15.1 Å². The van der Waals surface area contributed by atoms with E-state index < -0.39 is 0 Å². The van der Waals surface area contributed by atoms with Crippen LogP contribution in [0, 0.1) is 10.5 Å². The number of hydrogen-bond donors (Lipinski definition) is 1. The lowest BCUT2D eigenvalue weighted by molar-refractivity contribution is 0.401. The number of aryl methyl sites for hydroxylation is 1. The normalized spacial score (nSPS) is 12.1. The molecule has 16 heavy (non-hydrogen) atoms. The zero-order chi connectivity index (χ0) is 11.9. The first-order valence-electron chi connectivity index (χ1n) is 4.94. The SMILES string of the molecule is Cc1[nH]nc(-c2nc(C(C)(C)C)no2)c1I. The van der Waals surface area contributed by atoms with Crippen LogP contribution >= 0.6 is 22.6 Å². The van der Waals surface area contributed by atoms with Crippen LogP contribution in [0.5, 0.6) is 0 Å². The highest BCUT2D eigenvalue weighted by molar-refractivity contribution is 14.1. The summed E-state index contributed by atoms with van der Waals surface area (Å²) in [6.45, 7) is 8.09. The first kappa shape index (κ1) is 11.6. The molecule has 0 unspecified atom stereocenters. The van der Waals surface area contributed by atoms with Crippen LogP contribution in [-0.4, -0.2) is 20.3 Å². The first-order valence-corrected chi connectivity index (χ1v) is 6.02. The Morgan fingerprint density at radius 1 is 1.31 bits per heavy atom. The van der Waals surface area contributed by atoms with Gasteiger partial charge in [0.1, 0.15) is 0 Å². The molecule has 0 aliphatic carbocycles. The second-order valence-electron chi connectivity index (χ2n) is 4.68. The molecule has 0 atom stereocenters. The number of halogens is 1. The molecule has 5 nitrogen and oxygen atoms in total. The molecule has 2 aromatic heterocycles. The Kier molecular flexibility index (Phi) is 2.77. The van der Waals surface area contributed by atoms with Gasteiger partial charge in [-0.15, -0.1) is 0 Å². The zero-order valence-electron chi connectivity index (χ0n) is 9.63. The van der Waals surface area contributed by atoms with E-state index in [-0.39, 0.29) is 5.41 Å². The predicted octanol–water partition coefficient (Wildman–Crippen LogP) is 2.67. The molecule has 0 fully saturated rings. The third-order valence-electron chi connectivity index (χ3n) is 2.17. The summed E-state index contributed by atoms with van der Waals surface area (Å²) in [6.07, 6.45) is 0. The molecule has 2 heterocycles. The summed E-state index contributed by atoms with van der Waals surface area (Å²) in [4.78, 5) is 4.36. The minimum Gasteiger partial charge on any atom is -0.332 e. The molecule has 0 amide bonds. The van der Waals surface area contributed by atoms with Gasteiger partial charge in [-0.3, -0.25) is 5.10 Å². The topological polar surface area (TPSA) is 67.6 Å². The molecule has 86 valence electrons. The molecule has 2 rings (SSSR count). The maximum atomic E-state index is 5.22. The fourth-order valence-corrected chi connectivity index (χ4v) is 1.65. The zero-order valence-corrected chi connectivity index (χ0v) is 11.8. The van der Waals surface area contributed by atoms with E-state index in [2.05, 4.69) is 42.9 Å². The lowest BCUT2D eigenvalue weighted by Gasteiger charge is -2.10. The largest absolute Gasteiger partial charge is 0.332 e. The van der Waals surface area contributed by atoms with E-state index >= 15 is 0 Å². The highest BCUT2D eigenvalue weighted by Gasteiger charge is 2.23. The summed E-state index contributed by atoms with van der Waals surface area (Å²) >= 11 is 2.21. The van der Waals surface area contributed by atoms with Gasteiger partial charge in [-0.2, -0.15) is 10.1 Å². The molecule has 0 spiro atoms. The van der Waals surface area contributed by atoms with Crippen LogP contribution in [0.3, 0.4) is 0 Å². The number of hydrogen-bond acceptors (Lipinski definition) is 4. The van der Waals surface area contributed by atoms with Crippen molar-refractivity contribution in [1.82, 2.24) is 20.3 Å². The maximum absolute atomic E-state index is 5.22. The standard InChI is InChI=1S/C10H13IN4O/c1-5-6(11)7(14-13-5)8-12-9(15-16-8)10(2,3)4/h1-4H3,(H,13,14). The number of H-pyrrole nitrogens is 1. The minimum absolute atomic E-state index is 0.113. The predicted molar refractivity (Wildman–Crippen MR) is 68.0 cm³/mol. The van der Waals surface area contributed by atoms with Gasteiger partial charge in [0.2, 0.25) is 0 Å². The number of nitrogens with one attached hydrogen (secondary N) is 1. The van der Waals surface area contributed by atoms with Crippen molar-refractivity contribution < 1.29 is 4.52 Å². The van der Waals surface area contributed by atoms with Crippen LogP contribution in [0.15, 0.2) is 4.52 Å². The van der Waals surface area contributed by atoms with Gasteiger partial charge in [0.15, 0.2) is 11.5 Å². The van der Waals surface area contributed by atoms with E-state index in [9.17, 15) is 0 Å². The molecule has 0 saturated heterocycles. The molecule has 0 radical (unpaired) electrons. The molecule has 0 aliphatic heterocycles. The van der Waals surface area contributed by atoms with E-state index in [4.69, 9.17) is 4.52 Å². The Bertz CT molecular complexity index is 509. The smallest absolute Gasteiger partial charge is 0.279 e. The van der Waals surface area contributed by atoms with Gasteiger partial charge in [-0.25, -0.2) is 0 Å². The third-order valence-corrected chi connectivity index (χ3v) is 3.49. The van der Waals surface area contributed by atoms with Crippen LogP contribution in [0.1, 0.15) is 32.3 Å². The lowest BCUT2D eigenvalue weighted by atomic mass is 9.96. The molecular weight excluding hydrogens is 319 g/mol. The molecule has 0 saturated carbocycles. The van der Waals surface area contributed by atoms with E-state index in [1.165, 1.54) is 0 Å². The van der Waals surface area contributed by atoms with E-state index in [0.29, 0.717) is 11.7 Å². The molecule has 0 aromatic carbocycles. The van der Waals surface area contributed by atoms with Gasteiger partial charge in [0.05, 0.1) is 3.57 Å². The summed E-state index contributed by atoms with van der Waals surface area (Å²) in [5, 5.41) is 11.0. The molecule has 1 N–H and O–H groups in total. The van der Waals surface area contributed by atoms with Crippen molar-refractivity contribution in [3.63, 3.8) is 0 Å². The fraction of sp³-hybridized carbons (Fsp3) is 0.500. The Morgan fingerprint density at radius 3 is 2.44 bits per heavy atom. The van der Waals surface area contributed by atoms with Crippen molar-refractivity contribution >= 4 is 22.6 Å². The highest BCUT2D eigenvalue weighted by Crippen LogP contribution is 2.26. The lowest BCUT2D eigenvalue weighted by Crippen LogP contribution is -2.13. The van der Waals surface area contributed by atoms with Crippen molar-refractivity contribution in [3.8, 4) is 11.6 Å². The summed E-state index contributed by atoms with van der Waals surface area (Å²) in [7, 11) is 0. The monoisotopic (exact) mass is 332 g/mol. The molecular formula is C10H13IN4O. The van der Waals surface area contributed by atoms with Gasteiger partial charge in [-0.1, -0.05) is 25.9 Å².